The molecule has 0 heterocycles. The summed E-state index contributed by atoms with van der Waals surface area (Å²) in [6.07, 6.45) is 9.11. The van der Waals surface area contributed by atoms with Crippen molar-refractivity contribution in [3.63, 3.8) is 0 Å². The zero-order valence-corrected chi connectivity index (χ0v) is 11.7. The summed E-state index contributed by atoms with van der Waals surface area (Å²) in [5.41, 5.74) is 5.49. The third-order valence-corrected chi connectivity index (χ3v) is 5.30. The van der Waals surface area contributed by atoms with Gasteiger partial charge in [0.1, 0.15) is 0 Å². The molecule has 0 spiro atoms. The second-order valence-electron chi connectivity index (χ2n) is 5.75. The van der Waals surface area contributed by atoms with Crippen LogP contribution >= 0.6 is 11.8 Å². The Kier molecular flexibility index (Phi) is 4.03. The van der Waals surface area contributed by atoms with E-state index in [1.807, 2.05) is 18.7 Å². The van der Waals surface area contributed by atoms with Crippen molar-refractivity contribution in [3.05, 3.63) is 0 Å². The summed E-state index contributed by atoms with van der Waals surface area (Å²) in [6, 6.07) is 0.343. The lowest BCUT2D eigenvalue weighted by Gasteiger charge is -2.32. The van der Waals surface area contributed by atoms with Gasteiger partial charge in [0.05, 0.1) is 5.54 Å². The molecule has 0 aromatic carbocycles. The van der Waals surface area contributed by atoms with Gasteiger partial charge in [0.2, 0.25) is 5.91 Å². The first kappa shape index (κ1) is 13.2. The number of carbonyl (C=O) groups is 1. The highest BCUT2D eigenvalue weighted by molar-refractivity contribution is 7.99. The van der Waals surface area contributed by atoms with E-state index < -0.39 is 5.54 Å². The third-order valence-electron chi connectivity index (χ3n) is 4.21. The highest BCUT2D eigenvalue weighted by Crippen LogP contribution is 2.38. The molecule has 0 aromatic heterocycles. The molecule has 0 radical (unpaired) electrons. The average Bonchev–Trinajstić information content (AvgIpc) is 3.13. The number of amides is 1. The van der Waals surface area contributed by atoms with Crippen molar-refractivity contribution >= 4 is 17.7 Å². The van der Waals surface area contributed by atoms with Gasteiger partial charge >= 0.3 is 0 Å². The number of carbonyl (C=O) groups excluding carboxylic acids is 1. The van der Waals surface area contributed by atoms with E-state index in [1.54, 1.807) is 0 Å². The molecule has 17 heavy (non-hydrogen) atoms. The number of nitrogens with one attached hydrogen (secondary N) is 1. The summed E-state index contributed by atoms with van der Waals surface area (Å²) in [5.74, 6) is 0.467. The number of rotatable bonds is 4. The van der Waals surface area contributed by atoms with Crippen molar-refractivity contribution in [2.24, 2.45) is 11.7 Å². The number of hydrogen-bond donors (Lipinski definition) is 2. The van der Waals surface area contributed by atoms with Crippen LogP contribution in [0.1, 0.15) is 45.4 Å². The number of nitrogens with two attached hydrogens (primary N) is 1. The van der Waals surface area contributed by atoms with Crippen LogP contribution in [-0.4, -0.2) is 29.0 Å². The molecular weight excluding hydrogens is 232 g/mol. The maximum atomic E-state index is 12.2. The maximum absolute atomic E-state index is 12.2. The minimum atomic E-state index is -0.647. The van der Waals surface area contributed by atoms with E-state index in [4.69, 9.17) is 5.73 Å². The third kappa shape index (κ3) is 3.16. The molecule has 2 aliphatic rings. The van der Waals surface area contributed by atoms with Crippen LogP contribution in [-0.2, 0) is 4.79 Å². The Morgan fingerprint density at radius 1 is 1.35 bits per heavy atom. The molecule has 0 saturated heterocycles. The Bertz CT molecular complexity index is 289. The summed E-state index contributed by atoms with van der Waals surface area (Å²) >= 11 is 1.92. The number of hydrogen-bond acceptors (Lipinski definition) is 3. The second-order valence-corrected chi connectivity index (χ2v) is 6.89. The van der Waals surface area contributed by atoms with Gasteiger partial charge < -0.3 is 11.1 Å². The normalized spacial score (nSPS) is 32.9. The topological polar surface area (TPSA) is 55.1 Å². The van der Waals surface area contributed by atoms with E-state index in [0.717, 1.165) is 25.7 Å². The van der Waals surface area contributed by atoms with E-state index in [-0.39, 0.29) is 5.91 Å². The lowest BCUT2D eigenvalue weighted by atomic mass is 9.92. The number of thioether (sulfide) groups is 1. The van der Waals surface area contributed by atoms with Gasteiger partial charge in [0.15, 0.2) is 0 Å². The summed E-state index contributed by atoms with van der Waals surface area (Å²) in [4.78, 5) is 12.2. The first-order valence-corrected chi connectivity index (χ1v) is 7.95. The maximum Gasteiger partial charge on any atom is 0.240 e. The van der Waals surface area contributed by atoms with Crippen molar-refractivity contribution < 1.29 is 4.79 Å². The van der Waals surface area contributed by atoms with Crippen molar-refractivity contribution in [1.29, 1.82) is 0 Å². The van der Waals surface area contributed by atoms with Gasteiger partial charge in [-0.3, -0.25) is 4.79 Å². The largest absolute Gasteiger partial charge is 0.352 e. The summed E-state index contributed by atoms with van der Waals surface area (Å²) in [6.45, 7) is 1.88. The highest BCUT2D eigenvalue weighted by atomic mass is 32.2. The SMILES string of the molecule is CSC1CCCC(NC(=O)C(C)(N)C2CC2)C1. The lowest BCUT2D eigenvalue weighted by molar-refractivity contribution is -0.127. The molecule has 3 nitrogen and oxygen atoms in total. The highest BCUT2D eigenvalue weighted by Gasteiger charge is 2.44. The Morgan fingerprint density at radius 2 is 2.06 bits per heavy atom. The van der Waals surface area contributed by atoms with E-state index in [0.29, 0.717) is 17.2 Å². The molecule has 1 amide bonds. The zero-order chi connectivity index (χ0) is 12.5. The molecule has 98 valence electrons. The first-order chi connectivity index (χ1) is 8.04. The average molecular weight is 256 g/mol. The Labute approximate surface area is 108 Å². The molecular formula is C13H24N2OS. The molecule has 0 bridgehead atoms. The second kappa shape index (κ2) is 5.19. The lowest BCUT2D eigenvalue weighted by Crippen LogP contribution is -2.56. The molecule has 3 atom stereocenters. The van der Waals surface area contributed by atoms with Crippen molar-refractivity contribution in [2.45, 2.75) is 62.3 Å². The van der Waals surface area contributed by atoms with Gasteiger partial charge in [-0.25, -0.2) is 0 Å². The predicted molar refractivity (Wildman–Crippen MR) is 73.0 cm³/mol. The van der Waals surface area contributed by atoms with Crippen LogP contribution in [0.3, 0.4) is 0 Å². The van der Waals surface area contributed by atoms with Crippen LogP contribution in [0.25, 0.3) is 0 Å². The minimum Gasteiger partial charge on any atom is -0.352 e. The standard InChI is InChI=1S/C13H24N2OS/c1-13(14,9-6-7-9)12(16)15-10-4-3-5-11(8-10)17-2/h9-11H,3-8,14H2,1-2H3,(H,15,16). The van der Waals surface area contributed by atoms with Gasteiger partial charge in [-0.2, -0.15) is 11.8 Å². The molecule has 4 heteroatoms. The molecule has 0 aromatic rings. The van der Waals surface area contributed by atoms with E-state index in [2.05, 4.69) is 11.6 Å². The minimum absolute atomic E-state index is 0.0618. The van der Waals surface area contributed by atoms with Crippen LogP contribution in [0, 0.1) is 5.92 Å². The molecule has 2 aliphatic carbocycles. The fourth-order valence-electron chi connectivity index (χ4n) is 2.70. The fraction of sp³-hybridized carbons (Fsp3) is 0.923. The predicted octanol–water partition coefficient (Wildman–Crippen LogP) is 1.90. The summed E-state index contributed by atoms with van der Waals surface area (Å²) in [5, 5.41) is 3.87. The molecule has 2 saturated carbocycles. The molecule has 3 N–H and O–H groups in total. The van der Waals surface area contributed by atoms with E-state index in [1.165, 1.54) is 12.8 Å². The Morgan fingerprint density at radius 3 is 2.65 bits per heavy atom. The van der Waals surface area contributed by atoms with E-state index >= 15 is 0 Å². The quantitative estimate of drug-likeness (QED) is 0.808. The zero-order valence-electron chi connectivity index (χ0n) is 10.9. The fourth-order valence-corrected chi connectivity index (χ4v) is 3.53. The van der Waals surface area contributed by atoms with Gasteiger partial charge in [0, 0.05) is 11.3 Å². The summed E-state index contributed by atoms with van der Waals surface area (Å²) in [7, 11) is 0. The van der Waals surface area contributed by atoms with Crippen LogP contribution in [0.5, 0.6) is 0 Å². The first-order valence-electron chi connectivity index (χ1n) is 6.66. The van der Waals surface area contributed by atoms with Gasteiger partial charge in [-0.15, -0.1) is 0 Å². The van der Waals surface area contributed by atoms with Crippen LogP contribution in [0.15, 0.2) is 0 Å². The Balaban J connectivity index is 1.85. The monoisotopic (exact) mass is 256 g/mol. The van der Waals surface area contributed by atoms with Gasteiger partial charge in [-0.05, 0) is 51.2 Å². The van der Waals surface area contributed by atoms with Gasteiger partial charge in [-0.1, -0.05) is 6.42 Å². The summed E-state index contributed by atoms with van der Waals surface area (Å²) < 4.78 is 0. The Hall–Kier alpha value is -0.220. The van der Waals surface area contributed by atoms with Crippen molar-refractivity contribution in [1.82, 2.24) is 5.32 Å². The molecule has 2 fully saturated rings. The van der Waals surface area contributed by atoms with Crippen LogP contribution in [0.4, 0.5) is 0 Å². The van der Waals surface area contributed by atoms with Crippen molar-refractivity contribution in [3.8, 4) is 0 Å². The van der Waals surface area contributed by atoms with E-state index in [9.17, 15) is 4.79 Å². The molecule has 3 unspecified atom stereocenters. The smallest absolute Gasteiger partial charge is 0.240 e. The van der Waals surface area contributed by atoms with Crippen molar-refractivity contribution in [2.75, 3.05) is 6.26 Å². The molecule has 2 rings (SSSR count). The van der Waals surface area contributed by atoms with Crippen LogP contribution < -0.4 is 11.1 Å². The van der Waals surface area contributed by atoms with Crippen LogP contribution in [0.2, 0.25) is 0 Å². The molecule has 0 aliphatic heterocycles. The van der Waals surface area contributed by atoms with Gasteiger partial charge in [0.25, 0.3) is 0 Å².